The molecule has 1 unspecified atom stereocenters. The second kappa shape index (κ2) is 6.50. The first-order valence-electron chi connectivity index (χ1n) is 8.15. The molecule has 2 aromatic carbocycles. The Morgan fingerprint density at radius 2 is 1.87 bits per heavy atom. The average molecular weight is 310 g/mol. The first-order chi connectivity index (χ1) is 11.1. The zero-order valence-corrected chi connectivity index (χ0v) is 13.4. The van der Waals surface area contributed by atoms with E-state index in [-0.39, 0.29) is 11.0 Å². The third kappa shape index (κ3) is 2.99. The van der Waals surface area contributed by atoms with Crippen LogP contribution in [0.5, 0.6) is 0 Å². The van der Waals surface area contributed by atoms with Gasteiger partial charge in [0.05, 0.1) is 6.54 Å². The van der Waals surface area contributed by atoms with Crippen LogP contribution in [0.15, 0.2) is 54.6 Å². The molecule has 0 spiro atoms. The predicted octanol–water partition coefficient (Wildman–Crippen LogP) is 3.85. The van der Waals surface area contributed by atoms with Gasteiger partial charge in [-0.3, -0.25) is 10.1 Å². The van der Waals surface area contributed by atoms with Crippen molar-refractivity contribution in [1.29, 1.82) is 0 Å². The van der Waals surface area contributed by atoms with Crippen molar-refractivity contribution in [2.45, 2.75) is 37.8 Å². The second-order valence-electron chi connectivity index (χ2n) is 6.31. The molecule has 4 heteroatoms. The van der Waals surface area contributed by atoms with Gasteiger partial charge in [0.25, 0.3) is 5.54 Å². The molecule has 0 bridgehead atoms. The SMILES string of the molecule is C[C@H](NCC1([N+](=O)[O-])CCCc2ccccc21)c1ccccc1. The van der Waals surface area contributed by atoms with Crippen LogP contribution in [0.3, 0.4) is 0 Å². The van der Waals surface area contributed by atoms with E-state index < -0.39 is 5.54 Å². The highest BCUT2D eigenvalue weighted by Crippen LogP contribution is 2.37. The van der Waals surface area contributed by atoms with Gasteiger partial charge in [-0.2, -0.15) is 0 Å². The van der Waals surface area contributed by atoms with E-state index in [1.807, 2.05) is 54.6 Å². The molecule has 0 radical (unpaired) electrons. The topological polar surface area (TPSA) is 55.2 Å². The number of nitro groups is 1. The van der Waals surface area contributed by atoms with E-state index in [1.165, 1.54) is 0 Å². The van der Waals surface area contributed by atoms with Crippen molar-refractivity contribution in [2.75, 3.05) is 6.54 Å². The van der Waals surface area contributed by atoms with Gasteiger partial charge in [0, 0.05) is 22.9 Å². The summed E-state index contributed by atoms with van der Waals surface area (Å²) in [5, 5.41) is 15.3. The monoisotopic (exact) mass is 310 g/mol. The lowest BCUT2D eigenvalue weighted by atomic mass is 9.76. The third-order valence-corrected chi connectivity index (χ3v) is 4.90. The van der Waals surface area contributed by atoms with Crippen LogP contribution in [0.2, 0.25) is 0 Å². The van der Waals surface area contributed by atoms with Gasteiger partial charge in [0.2, 0.25) is 0 Å². The van der Waals surface area contributed by atoms with Crippen LogP contribution in [-0.2, 0) is 12.0 Å². The van der Waals surface area contributed by atoms with Crippen LogP contribution in [0.25, 0.3) is 0 Å². The van der Waals surface area contributed by atoms with Crippen LogP contribution >= 0.6 is 0 Å². The molecule has 0 fully saturated rings. The van der Waals surface area contributed by atoms with Crippen LogP contribution in [0.1, 0.15) is 42.5 Å². The molecule has 0 aromatic heterocycles. The highest BCUT2D eigenvalue weighted by Gasteiger charge is 2.47. The van der Waals surface area contributed by atoms with Gasteiger partial charge in [0.1, 0.15) is 0 Å². The minimum absolute atomic E-state index is 0.0853. The molecule has 120 valence electrons. The number of fused-ring (bicyclic) bond motifs is 1. The lowest BCUT2D eigenvalue weighted by molar-refractivity contribution is -0.580. The molecular formula is C19H22N2O2. The summed E-state index contributed by atoms with van der Waals surface area (Å²) in [7, 11) is 0. The van der Waals surface area contributed by atoms with Crippen molar-refractivity contribution >= 4 is 0 Å². The summed E-state index contributed by atoms with van der Waals surface area (Å²) in [6.07, 6.45) is 2.38. The van der Waals surface area contributed by atoms with E-state index in [0.717, 1.165) is 29.5 Å². The summed E-state index contributed by atoms with van der Waals surface area (Å²) in [5.41, 5.74) is 2.13. The summed E-state index contributed by atoms with van der Waals surface area (Å²) >= 11 is 0. The van der Waals surface area contributed by atoms with Crippen LogP contribution in [0, 0.1) is 10.1 Å². The van der Waals surface area contributed by atoms with Crippen molar-refractivity contribution in [3.8, 4) is 0 Å². The van der Waals surface area contributed by atoms with Crippen LogP contribution in [-0.4, -0.2) is 11.5 Å². The summed E-state index contributed by atoms with van der Waals surface area (Å²) in [4.78, 5) is 11.9. The fourth-order valence-corrected chi connectivity index (χ4v) is 3.52. The molecule has 23 heavy (non-hydrogen) atoms. The van der Waals surface area contributed by atoms with Gasteiger partial charge in [-0.1, -0.05) is 54.6 Å². The van der Waals surface area contributed by atoms with Gasteiger partial charge in [0.15, 0.2) is 0 Å². The Labute approximate surface area is 136 Å². The van der Waals surface area contributed by atoms with Crippen molar-refractivity contribution in [3.05, 3.63) is 81.4 Å². The Hall–Kier alpha value is -2.20. The fourth-order valence-electron chi connectivity index (χ4n) is 3.52. The molecule has 2 aromatic rings. The Balaban J connectivity index is 1.85. The summed E-state index contributed by atoms with van der Waals surface area (Å²) in [6.45, 7) is 2.41. The molecule has 0 saturated carbocycles. The molecular weight excluding hydrogens is 288 g/mol. The highest BCUT2D eigenvalue weighted by atomic mass is 16.6. The third-order valence-electron chi connectivity index (χ3n) is 4.90. The van der Waals surface area contributed by atoms with Gasteiger partial charge in [-0.25, -0.2) is 0 Å². The number of nitrogens with one attached hydrogen (secondary N) is 1. The fraction of sp³-hybridized carbons (Fsp3) is 0.368. The van der Waals surface area contributed by atoms with E-state index in [1.54, 1.807) is 0 Å². The lowest BCUT2D eigenvalue weighted by Crippen LogP contribution is -2.47. The van der Waals surface area contributed by atoms with Crippen LogP contribution in [0.4, 0.5) is 0 Å². The number of nitrogens with zero attached hydrogens (tertiary/aromatic N) is 1. The van der Waals surface area contributed by atoms with Gasteiger partial charge in [-0.05, 0) is 30.9 Å². The normalized spacial score (nSPS) is 21.4. The second-order valence-corrected chi connectivity index (χ2v) is 6.31. The summed E-state index contributed by atoms with van der Waals surface area (Å²) in [6, 6.07) is 18.0. The van der Waals surface area contributed by atoms with Gasteiger partial charge < -0.3 is 5.32 Å². The molecule has 1 aliphatic carbocycles. The molecule has 2 atom stereocenters. The quantitative estimate of drug-likeness (QED) is 0.674. The standard InChI is InChI=1S/C19H22N2O2/c1-15(16-8-3-2-4-9-16)20-14-19(21(22)23)13-7-11-17-10-5-6-12-18(17)19/h2-6,8-10,12,15,20H,7,11,13-14H2,1H3/t15-,19?/m0/s1. The minimum atomic E-state index is -1.02. The Kier molecular flexibility index (Phi) is 4.44. The van der Waals surface area contributed by atoms with E-state index in [0.29, 0.717) is 13.0 Å². The molecule has 3 rings (SSSR count). The first-order valence-corrected chi connectivity index (χ1v) is 8.15. The maximum absolute atomic E-state index is 12.0. The molecule has 1 aliphatic rings. The van der Waals surface area contributed by atoms with Crippen molar-refractivity contribution < 1.29 is 4.92 Å². The predicted molar refractivity (Wildman–Crippen MR) is 90.9 cm³/mol. The van der Waals surface area contributed by atoms with E-state index in [4.69, 9.17) is 0 Å². The minimum Gasteiger partial charge on any atom is -0.303 e. The lowest BCUT2D eigenvalue weighted by Gasteiger charge is -2.32. The Bertz CT molecular complexity index is 687. The van der Waals surface area contributed by atoms with Crippen LogP contribution < -0.4 is 5.32 Å². The van der Waals surface area contributed by atoms with Gasteiger partial charge >= 0.3 is 0 Å². The van der Waals surface area contributed by atoms with E-state index in [2.05, 4.69) is 12.2 Å². The summed E-state index contributed by atoms with van der Waals surface area (Å²) in [5.74, 6) is 0. The Morgan fingerprint density at radius 1 is 1.17 bits per heavy atom. The number of benzene rings is 2. The smallest absolute Gasteiger partial charge is 0.259 e. The van der Waals surface area contributed by atoms with E-state index in [9.17, 15) is 10.1 Å². The largest absolute Gasteiger partial charge is 0.303 e. The van der Waals surface area contributed by atoms with Crippen molar-refractivity contribution in [1.82, 2.24) is 5.32 Å². The molecule has 1 N–H and O–H groups in total. The average Bonchev–Trinajstić information content (AvgIpc) is 2.60. The van der Waals surface area contributed by atoms with Gasteiger partial charge in [-0.15, -0.1) is 0 Å². The Morgan fingerprint density at radius 3 is 2.61 bits per heavy atom. The number of hydrogen-bond donors (Lipinski definition) is 1. The maximum Gasteiger partial charge on any atom is 0.259 e. The zero-order valence-electron chi connectivity index (χ0n) is 13.4. The highest BCUT2D eigenvalue weighted by molar-refractivity contribution is 5.35. The van der Waals surface area contributed by atoms with E-state index >= 15 is 0 Å². The number of aryl methyl sites for hydroxylation is 1. The maximum atomic E-state index is 12.0. The first kappa shape index (κ1) is 15.7. The molecule has 0 amide bonds. The molecule has 4 nitrogen and oxygen atoms in total. The zero-order chi connectivity index (χ0) is 16.3. The molecule has 0 saturated heterocycles. The number of hydrogen-bond acceptors (Lipinski definition) is 3. The van der Waals surface area contributed by atoms with Crippen molar-refractivity contribution in [2.24, 2.45) is 0 Å². The molecule has 0 aliphatic heterocycles. The van der Waals surface area contributed by atoms with Crippen molar-refractivity contribution in [3.63, 3.8) is 0 Å². The molecule has 0 heterocycles. The summed E-state index contributed by atoms with van der Waals surface area (Å²) < 4.78 is 0. The number of rotatable bonds is 5.